The number of rotatable bonds is 5. The zero-order valence-electron chi connectivity index (χ0n) is 9.45. The Morgan fingerprint density at radius 2 is 2.11 bits per heavy atom. The summed E-state index contributed by atoms with van der Waals surface area (Å²) >= 11 is 7.37. The Labute approximate surface area is 114 Å². The van der Waals surface area contributed by atoms with Gasteiger partial charge in [0.25, 0.3) is 0 Å². The van der Waals surface area contributed by atoms with E-state index < -0.39 is 0 Å². The number of tetrazole rings is 1. The molecule has 1 aromatic carbocycles. The van der Waals surface area contributed by atoms with Crippen LogP contribution in [0.5, 0.6) is 0 Å². The highest BCUT2D eigenvalue weighted by molar-refractivity contribution is 7.99. The quantitative estimate of drug-likeness (QED) is 0.622. The lowest BCUT2D eigenvalue weighted by atomic mass is 10.3. The standard InChI is InChI=1S/C11H10ClN5S/c12-9-3-5-10(6-4-9)17-11(14-15-16-17)18-8-2-1-7-13/h3-6H,1-2,8H2. The minimum Gasteiger partial charge on any atom is -0.198 e. The van der Waals surface area contributed by atoms with Gasteiger partial charge >= 0.3 is 0 Å². The second-order valence-corrected chi connectivity index (χ2v) is 4.96. The molecule has 0 saturated heterocycles. The molecule has 0 atom stereocenters. The van der Waals surface area contributed by atoms with Gasteiger partial charge in [0.1, 0.15) is 0 Å². The normalized spacial score (nSPS) is 10.2. The van der Waals surface area contributed by atoms with Gasteiger partial charge in [-0.2, -0.15) is 9.94 Å². The van der Waals surface area contributed by atoms with Crippen LogP contribution in [0.15, 0.2) is 29.4 Å². The van der Waals surface area contributed by atoms with Crippen LogP contribution < -0.4 is 0 Å². The molecule has 5 nitrogen and oxygen atoms in total. The van der Waals surface area contributed by atoms with Gasteiger partial charge in [0.15, 0.2) is 0 Å². The predicted octanol–water partition coefficient (Wildman–Crippen LogP) is 2.71. The van der Waals surface area contributed by atoms with Gasteiger partial charge in [-0.15, -0.1) is 5.10 Å². The fourth-order valence-electron chi connectivity index (χ4n) is 1.33. The molecule has 0 aliphatic carbocycles. The summed E-state index contributed by atoms with van der Waals surface area (Å²) < 4.78 is 1.66. The van der Waals surface area contributed by atoms with E-state index in [4.69, 9.17) is 16.9 Å². The Hall–Kier alpha value is -1.58. The molecule has 1 aromatic heterocycles. The molecular formula is C11H10ClN5S. The highest BCUT2D eigenvalue weighted by Crippen LogP contribution is 2.20. The maximum Gasteiger partial charge on any atom is 0.214 e. The van der Waals surface area contributed by atoms with E-state index in [9.17, 15) is 0 Å². The number of hydrogen-bond donors (Lipinski definition) is 0. The molecule has 2 rings (SSSR count). The maximum atomic E-state index is 8.46. The van der Waals surface area contributed by atoms with E-state index in [0.29, 0.717) is 11.4 Å². The Bertz CT molecular complexity index is 545. The van der Waals surface area contributed by atoms with Gasteiger partial charge in [-0.05, 0) is 41.1 Å². The van der Waals surface area contributed by atoms with E-state index in [1.165, 1.54) is 11.8 Å². The van der Waals surface area contributed by atoms with Crippen LogP contribution in [0.4, 0.5) is 0 Å². The molecule has 0 saturated carbocycles. The molecule has 0 aliphatic rings. The number of halogens is 1. The van der Waals surface area contributed by atoms with Crippen molar-refractivity contribution in [2.45, 2.75) is 18.0 Å². The molecule has 0 bridgehead atoms. The van der Waals surface area contributed by atoms with E-state index in [-0.39, 0.29) is 0 Å². The molecule has 0 fully saturated rings. The molecule has 7 heteroatoms. The number of hydrogen-bond acceptors (Lipinski definition) is 5. The van der Waals surface area contributed by atoms with Crippen molar-refractivity contribution in [2.24, 2.45) is 0 Å². The zero-order valence-corrected chi connectivity index (χ0v) is 11.0. The fourth-order valence-corrected chi connectivity index (χ4v) is 2.28. The van der Waals surface area contributed by atoms with Crippen molar-refractivity contribution >= 4 is 23.4 Å². The third-order valence-electron chi connectivity index (χ3n) is 2.18. The van der Waals surface area contributed by atoms with Gasteiger partial charge in [0.05, 0.1) is 11.8 Å². The molecule has 0 aliphatic heterocycles. The number of benzene rings is 1. The zero-order chi connectivity index (χ0) is 12.8. The van der Waals surface area contributed by atoms with Crippen molar-refractivity contribution in [3.8, 4) is 11.8 Å². The van der Waals surface area contributed by atoms with E-state index in [2.05, 4.69) is 21.6 Å². The molecule has 0 unspecified atom stereocenters. The summed E-state index contributed by atoms with van der Waals surface area (Å²) in [5.41, 5.74) is 0.868. The Morgan fingerprint density at radius 3 is 2.83 bits per heavy atom. The lowest BCUT2D eigenvalue weighted by Crippen LogP contribution is -1.99. The molecular weight excluding hydrogens is 270 g/mol. The number of nitrogens with zero attached hydrogens (tertiary/aromatic N) is 5. The van der Waals surface area contributed by atoms with E-state index in [0.717, 1.165) is 23.0 Å². The average Bonchev–Trinajstić information content (AvgIpc) is 2.84. The summed E-state index contributed by atoms with van der Waals surface area (Å²) in [5, 5.41) is 21.4. The minimum absolute atomic E-state index is 0.551. The number of unbranched alkanes of at least 4 members (excludes halogenated alkanes) is 1. The first-order valence-corrected chi connectivity index (χ1v) is 6.71. The van der Waals surface area contributed by atoms with Crippen LogP contribution in [0, 0.1) is 11.3 Å². The topological polar surface area (TPSA) is 67.4 Å². The van der Waals surface area contributed by atoms with Crippen LogP contribution in [0.2, 0.25) is 5.02 Å². The smallest absolute Gasteiger partial charge is 0.198 e. The first-order valence-electron chi connectivity index (χ1n) is 5.35. The fraction of sp³-hybridized carbons (Fsp3) is 0.273. The van der Waals surface area contributed by atoms with Crippen molar-refractivity contribution in [1.82, 2.24) is 20.2 Å². The summed E-state index contributed by atoms with van der Waals surface area (Å²) in [4.78, 5) is 0. The first-order chi connectivity index (χ1) is 8.81. The largest absolute Gasteiger partial charge is 0.214 e. The Morgan fingerprint density at radius 1 is 1.33 bits per heavy atom. The van der Waals surface area contributed by atoms with Crippen LogP contribution >= 0.6 is 23.4 Å². The van der Waals surface area contributed by atoms with Crippen LogP contribution in [0.1, 0.15) is 12.8 Å². The van der Waals surface area contributed by atoms with Gasteiger partial charge in [-0.25, -0.2) is 0 Å². The Kier molecular flexibility index (Phi) is 4.56. The second kappa shape index (κ2) is 6.38. The van der Waals surface area contributed by atoms with Gasteiger partial charge < -0.3 is 0 Å². The van der Waals surface area contributed by atoms with Crippen LogP contribution in [-0.4, -0.2) is 26.0 Å². The van der Waals surface area contributed by atoms with Crippen molar-refractivity contribution < 1.29 is 0 Å². The van der Waals surface area contributed by atoms with Crippen LogP contribution in [0.3, 0.4) is 0 Å². The summed E-state index contributed by atoms with van der Waals surface area (Å²) in [6.45, 7) is 0. The number of nitriles is 1. The van der Waals surface area contributed by atoms with Crippen molar-refractivity contribution in [1.29, 1.82) is 5.26 Å². The van der Waals surface area contributed by atoms with Crippen LogP contribution in [-0.2, 0) is 0 Å². The van der Waals surface area contributed by atoms with Gasteiger partial charge in [-0.1, -0.05) is 23.4 Å². The molecule has 92 valence electrons. The van der Waals surface area contributed by atoms with E-state index >= 15 is 0 Å². The molecule has 0 spiro atoms. The minimum atomic E-state index is 0.551. The van der Waals surface area contributed by atoms with E-state index in [1.54, 1.807) is 16.8 Å². The Balaban J connectivity index is 2.08. The first kappa shape index (κ1) is 12.9. The van der Waals surface area contributed by atoms with Crippen molar-refractivity contribution in [3.63, 3.8) is 0 Å². The molecule has 0 amide bonds. The molecule has 0 radical (unpaired) electrons. The third kappa shape index (κ3) is 3.22. The van der Waals surface area contributed by atoms with Crippen LogP contribution in [0.25, 0.3) is 5.69 Å². The molecule has 1 heterocycles. The summed E-state index contributed by atoms with van der Waals surface area (Å²) in [6, 6.07) is 9.42. The predicted molar refractivity (Wildman–Crippen MR) is 69.7 cm³/mol. The van der Waals surface area contributed by atoms with Gasteiger partial charge in [0, 0.05) is 17.2 Å². The van der Waals surface area contributed by atoms with Crippen molar-refractivity contribution in [3.05, 3.63) is 29.3 Å². The average molecular weight is 280 g/mol. The number of aromatic nitrogens is 4. The van der Waals surface area contributed by atoms with Gasteiger partial charge in [0.2, 0.25) is 5.16 Å². The third-order valence-corrected chi connectivity index (χ3v) is 3.43. The molecule has 2 aromatic rings. The van der Waals surface area contributed by atoms with E-state index in [1.807, 2.05) is 12.1 Å². The summed E-state index contributed by atoms with van der Waals surface area (Å²) in [6.07, 6.45) is 1.38. The monoisotopic (exact) mass is 279 g/mol. The summed E-state index contributed by atoms with van der Waals surface area (Å²) in [7, 11) is 0. The highest BCUT2D eigenvalue weighted by Gasteiger charge is 2.08. The number of thioether (sulfide) groups is 1. The lowest BCUT2D eigenvalue weighted by molar-refractivity contribution is 0.756. The van der Waals surface area contributed by atoms with Crippen molar-refractivity contribution in [2.75, 3.05) is 5.75 Å². The van der Waals surface area contributed by atoms with Gasteiger partial charge in [-0.3, -0.25) is 0 Å². The lowest BCUT2D eigenvalue weighted by Gasteiger charge is -2.03. The summed E-state index contributed by atoms with van der Waals surface area (Å²) in [5.74, 6) is 0.821. The molecule has 18 heavy (non-hydrogen) atoms. The molecule has 0 N–H and O–H groups in total. The SMILES string of the molecule is N#CCCCSc1nnnn1-c1ccc(Cl)cc1. The highest BCUT2D eigenvalue weighted by atomic mass is 35.5. The second-order valence-electron chi connectivity index (χ2n) is 3.46. The maximum absolute atomic E-state index is 8.46.